The van der Waals surface area contributed by atoms with E-state index < -0.39 is 0 Å². The molecule has 0 spiro atoms. The van der Waals surface area contributed by atoms with Crippen molar-refractivity contribution in [3.8, 4) is 11.5 Å². The fraction of sp³-hybridized carbons (Fsp3) is 0.412. The average molecular weight is 304 g/mol. The number of fused-ring (bicyclic) bond motifs is 1. The Bertz CT molecular complexity index is 617. The molecule has 1 aromatic rings. The number of methoxy groups -OCH3 is 2. The van der Waals surface area contributed by atoms with Crippen LogP contribution in [0.15, 0.2) is 41.4 Å². The number of aryl methyl sites for hydroxylation is 1. The van der Waals surface area contributed by atoms with Crippen LogP contribution in [0, 0.1) is 0 Å². The molecule has 5 heteroatoms. The molecule has 118 valence electrons. The minimum Gasteiger partial charge on any atom is -0.504 e. The predicted octanol–water partition coefficient (Wildman–Crippen LogP) is 2.89. The minimum atomic E-state index is -0.0285. The fourth-order valence-corrected chi connectivity index (χ4v) is 2.81. The quantitative estimate of drug-likeness (QED) is 0.906. The highest BCUT2D eigenvalue weighted by Gasteiger charge is 2.31. The van der Waals surface area contributed by atoms with Crippen LogP contribution < -0.4 is 4.74 Å². The highest BCUT2D eigenvalue weighted by molar-refractivity contribution is 5.42. The van der Waals surface area contributed by atoms with Crippen LogP contribution in [0.2, 0.25) is 0 Å². The van der Waals surface area contributed by atoms with E-state index in [1.807, 2.05) is 12.1 Å². The van der Waals surface area contributed by atoms with Gasteiger partial charge in [-0.1, -0.05) is 11.6 Å². The maximum Gasteiger partial charge on any atom is 0.189 e. The van der Waals surface area contributed by atoms with E-state index in [-0.39, 0.29) is 11.9 Å². The molecule has 3 rings (SSSR count). The molecule has 0 saturated carbocycles. The van der Waals surface area contributed by atoms with Gasteiger partial charge in [0.25, 0.3) is 0 Å². The molecule has 0 bridgehead atoms. The summed E-state index contributed by atoms with van der Waals surface area (Å²) in [6.45, 7) is 0.292. The number of allylic oxidation sites excluding steroid dienone is 1. The molecule has 0 aromatic heterocycles. The number of benzene rings is 1. The highest BCUT2D eigenvalue weighted by Crippen LogP contribution is 2.34. The van der Waals surface area contributed by atoms with E-state index >= 15 is 0 Å². The lowest BCUT2D eigenvalue weighted by molar-refractivity contribution is 0.0497. The molecule has 1 aliphatic heterocycles. The lowest BCUT2D eigenvalue weighted by Gasteiger charge is -2.20. The van der Waals surface area contributed by atoms with Crippen molar-refractivity contribution in [3.63, 3.8) is 0 Å². The van der Waals surface area contributed by atoms with Crippen LogP contribution in [0.25, 0.3) is 0 Å². The van der Waals surface area contributed by atoms with Crippen LogP contribution in [0.1, 0.15) is 18.4 Å². The first-order valence-electron chi connectivity index (χ1n) is 7.29. The largest absolute Gasteiger partial charge is 0.504 e. The Kier molecular flexibility index (Phi) is 4.24. The van der Waals surface area contributed by atoms with Gasteiger partial charge < -0.3 is 24.1 Å². The lowest BCUT2D eigenvalue weighted by atomic mass is 9.94. The Balaban J connectivity index is 1.68. The van der Waals surface area contributed by atoms with Crippen molar-refractivity contribution in [2.45, 2.75) is 25.4 Å². The van der Waals surface area contributed by atoms with Gasteiger partial charge in [-0.3, -0.25) is 0 Å². The molecular weight excluding hydrogens is 284 g/mol. The van der Waals surface area contributed by atoms with E-state index in [2.05, 4.69) is 0 Å². The Morgan fingerprint density at radius 3 is 2.82 bits per heavy atom. The van der Waals surface area contributed by atoms with Gasteiger partial charge in [-0.2, -0.15) is 0 Å². The number of rotatable bonds is 5. The van der Waals surface area contributed by atoms with Crippen molar-refractivity contribution >= 4 is 0 Å². The molecule has 1 unspecified atom stereocenters. The second kappa shape index (κ2) is 6.32. The van der Waals surface area contributed by atoms with E-state index in [4.69, 9.17) is 18.9 Å². The molecule has 1 aromatic carbocycles. The van der Waals surface area contributed by atoms with Crippen molar-refractivity contribution in [1.29, 1.82) is 0 Å². The number of aromatic hydroxyl groups is 1. The molecule has 5 nitrogen and oxygen atoms in total. The zero-order valence-corrected chi connectivity index (χ0v) is 12.8. The molecule has 1 aliphatic carbocycles. The zero-order chi connectivity index (χ0) is 15.5. The summed E-state index contributed by atoms with van der Waals surface area (Å²) in [6.07, 6.45) is 4.54. The Morgan fingerprint density at radius 1 is 1.23 bits per heavy atom. The number of hydrogen-bond acceptors (Lipinski definition) is 5. The van der Waals surface area contributed by atoms with Gasteiger partial charge in [-0.15, -0.1) is 0 Å². The maximum absolute atomic E-state index is 9.83. The summed E-state index contributed by atoms with van der Waals surface area (Å²) in [4.78, 5) is 0. The van der Waals surface area contributed by atoms with Gasteiger partial charge in [-0.25, -0.2) is 0 Å². The normalized spacial score (nSPS) is 20.3. The fourth-order valence-electron chi connectivity index (χ4n) is 2.81. The summed E-state index contributed by atoms with van der Waals surface area (Å²) in [6, 6.07) is 5.50. The lowest BCUT2D eigenvalue weighted by Crippen LogP contribution is -2.16. The van der Waals surface area contributed by atoms with Crippen molar-refractivity contribution in [3.05, 3.63) is 46.9 Å². The minimum absolute atomic E-state index is 0.0285. The van der Waals surface area contributed by atoms with E-state index in [0.717, 1.165) is 36.3 Å². The van der Waals surface area contributed by atoms with E-state index in [0.29, 0.717) is 12.5 Å². The summed E-state index contributed by atoms with van der Waals surface area (Å²) in [5.41, 5.74) is 2.32. The smallest absolute Gasteiger partial charge is 0.189 e. The number of phenolic OH excluding ortho intramolecular Hbond substituents is 1. The van der Waals surface area contributed by atoms with Crippen molar-refractivity contribution in [2.75, 3.05) is 21.0 Å². The molecule has 1 N–H and O–H groups in total. The summed E-state index contributed by atoms with van der Waals surface area (Å²) >= 11 is 0. The standard InChI is InChI=1S/C17H20O5/c1-19-14-6-5-11(7-13(14)18)3-4-12-8-15(20-2)17-16(9-12)21-10-22-17/h5-8,16,18H,3-4,9-10H2,1-2H3. The van der Waals surface area contributed by atoms with Gasteiger partial charge in [0.15, 0.2) is 29.8 Å². The molecule has 1 fully saturated rings. The molecule has 0 radical (unpaired) electrons. The van der Waals surface area contributed by atoms with Crippen LogP contribution in [-0.4, -0.2) is 32.2 Å². The third kappa shape index (κ3) is 2.90. The number of hydrogen-bond donors (Lipinski definition) is 1. The Morgan fingerprint density at radius 2 is 2.09 bits per heavy atom. The number of ether oxygens (including phenoxy) is 4. The molecule has 1 saturated heterocycles. The van der Waals surface area contributed by atoms with Gasteiger partial charge in [-0.05, 0) is 36.6 Å². The van der Waals surface area contributed by atoms with Gasteiger partial charge in [0.05, 0.1) is 14.2 Å². The first-order chi connectivity index (χ1) is 10.7. The van der Waals surface area contributed by atoms with Crippen molar-refractivity contribution in [1.82, 2.24) is 0 Å². The van der Waals surface area contributed by atoms with Crippen LogP contribution in [0.3, 0.4) is 0 Å². The van der Waals surface area contributed by atoms with E-state index in [1.54, 1.807) is 26.4 Å². The van der Waals surface area contributed by atoms with E-state index in [1.165, 1.54) is 5.57 Å². The predicted molar refractivity (Wildman–Crippen MR) is 80.5 cm³/mol. The molecule has 2 aliphatic rings. The van der Waals surface area contributed by atoms with Gasteiger partial charge in [0, 0.05) is 6.42 Å². The summed E-state index contributed by atoms with van der Waals surface area (Å²) < 4.78 is 21.5. The molecular formula is C17H20O5. The van der Waals surface area contributed by atoms with Crippen LogP contribution in [0.4, 0.5) is 0 Å². The summed E-state index contributed by atoms with van der Waals surface area (Å²) in [5, 5.41) is 9.83. The molecule has 1 atom stereocenters. The molecule has 0 amide bonds. The maximum atomic E-state index is 9.83. The average Bonchev–Trinajstić information content (AvgIpc) is 3.00. The van der Waals surface area contributed by atoms with Gasteiger partial charge in [0.1, 0.15) is 6.10 Å². The Hall–Kier alpha value is -2.14. The molecule has 1 heterocycles. The SMILES string of the molecule is COC1=C2OCOC2CC(CCc2ccc(OC)c(O)c2)=C1. The van der Waals surface area contributed by atoms with Crippen molar-refractivity contribution < 1.29 is 24.1 Å². The second-order valence-electron chi connectivity index (χ2n) is 5.36. The highest BCUT2D eigenvalue weighted by atomic mass is 16.7. The summed E-state index contributed by atoms with van der Waals surface area (Å²) in [5.74, 6) is 2.21. The first-order valence-corrected chi connectivity index (χ1v) is 7.29. The zero-order valence-electron chi connectivity index (χ0n) is 12.8. The Labute approximate surface area is 129 Å². The topological polar surface area (TPSA) is 57.2 Å². The van der Waals surface area contributed by atoms with Gasteiger partial charge >= 0.3 is 0 Å². The van der Waals surface area contributed by atoms with Crippen molar-refractivity contribution in [2.24, 2.45) is 0 Å². The summed E-state index contributed by atoms with van der Waals surface area (Å²) in [7, 11) is 3.18. The number of phenols is 1. The van der Waals surface area contributed by atoms with Crippen LogP contribution >= 0.6 is 0 Å². The van der Waals surface area contributed by atoms with Gasteiger partial charge in [0.2, 0.25) is 0 Å². The molecule has 22 heavy (non-hydrogen) atoms. The van der Waals surface area contributed by atoms with Crippen LogP contribution in [-0.2, 0) is 20.6 Å². The first kappa shape index (κ1) is 14.8. The monoisotopic (exact) mass is 304 g/mol. The third-order valence-corrected chi connectivity index (χ3v) is 4.00. The van der Waals surface area contributed by atoms with E-state index in [9.17, 15) is 5.11 Å². The second-order valence-corrected chi connectivity index (χ2v) is 5.36. The van der Waals surface area contributed by atoms with Crippen LogP contribution in [0.5, 0.6) is 11.5 Å². The third-order valence-electron chi connectivity index (χ3n) is 4.00.